The molecule has 0 aliphatic rings. The summed E-state index contributed by atoms with van der Waals surface area (Å²) in [5, 5.41) is 5.29. The first-order valence-electron chi connectivity index (χ1n) is 7.38. The summed E-state index contributed by atoms with van der Waals surface area (Å²) in [4.78, 5) is 22.9. The monoisotopic (exact) mass is 303 g/mol. The van der Waals surface area contributed by atoms with Gasteiger partial charge in [0, 0.05) is 19.1 Å². The van der Waals surface area contributed by atoms with Crippen molar-refractivity contribution in [3.8, 4) is 0 Å². The van der Waals surface area contributed by atoms with Crippen LogP contribution in [-0.4, -0.2) is 43.5 Å². The van der Waals surface area contributed by atoms with E-state index in [0.717, 1.165) is 12.8 Å². The topological polar surface area (TPSA) is 103 Å². The molecule has 0 aromatic heterocycles. The maximum Gasteiger partial charge on any atom is 0.407 e. The van der Waals surface area contributed by atoms with E-state index in [1.54, 1.807) is 20.8 Å². The van der Waals surface area contributed by atoms with Crippen LogP contribution in [0.4, 0.5) is 9.59 Å². The molecule has 0 bridgehead atoms. The van der Waals surface area contributed by atoms with Crippen LogP contribution in [0, 0.1) is 0 Å². The Morgan fingerprint density at radius 3 is 2.43 bits per heavy atom. The normalized spacial score (nSPS) is 12.4. The molecule has 0 aromatic rings. The summed E-state index contributed by atoms with van der Waals surface area (Å²) in [6.45, 7) is 8.45. The second-order valence-electron chi connectivity index (χ2n) is 5.78. The zero-order chi connectivity index (χ0) is 16.3. The van der Waals surface area contributed by atoms with E-state index in [1.807, 2.05) is 6.92 Å². The number of hydrogen-bond donors (Lipinski definition) is 3. The van der Waals surface area contributed by atoms with Gasteiger partial charge < -0.3 is 25.8 Å². The van der Waals surface area contributed by atoms with Crippen LogP contribution in [-0.2, 0) is 9.47 Å². The summed E-state index contributed by atoms with van der Waals surface area (Å²) in [6, 6.07) is -0.242. The molecule has 4 N–H and O–H groups in total. The highest BCUT2D eigenvalue weighted by Crippen LogP contribution is 2.06. The van der Waals surface area contributed by atoms with Crippen molar-refractivity contribution in [3.05, 3.63) is 0 Å². The quantitative estimate of drug-likeness (QED) is 0.593. The lowest BCUT2D eigenvalue weighted by Gasteiger charge is -2.21. The van der Waals surface area contributed by atoms with E-state index in [1.165, 1.54) is 0 Å². The van der Waals surface area contributed by atoms with Crippen molar-refractivity contribution in [2.45, 2.75) is 58.6 Å². The van der Waals surface area contributed by atoms with Gasteiger partial charge in [0.1, 0.15) is 5.60 Å². The van der Waals surface area contributed by atoms with Gasteiger partial charge in [-0.15, -0.1) is 0 Å². The van der Waals surface area contributed by atoms with Gasteiger partial charge in [-0.3, -0.25) is 0 Å². The molecule has 1 atom stereocenters. The summed E-state index contributed by atoms with van der Waals surface area (Å²) in [6.07, 6.45) is 1.35. The Labute approximate surface area is 126 Å². The Hall–Kier alpha value is -1.50. The third-order valence-corrected chi connectivity index (χ3v) is 2.50. The third kappa shape index (κ3) is 12.0. The summed E-state index contributed by atoms with van der Waals surface area (Å²) >= 11 is 0. The number of carbonyl (C=O) groups is 2. The van der Waals surface area contributed by atoms with E-state index >= 15 is 0 Å². The van der Waals surface area contributed by atoms with E-state index in [9.17, 15) is 9.59 Å². The van der Waals surface area contributed by atoms with Crippen molar-refractivity contribution in [1.82, 2.24) is 10.6 Å². The molecule has 0 spiro atoms. The van der Waals surface area contributed by atoms with Crippen LogP contribution in [0.25, 0.3) is 0 Å². The zero-order valence-corrected chi connectivity index (χ0v) is 13.5. The van der Waals surface area contributed by atoms with Crippen molar-refractivity contribution < 1.29 is 19.1 Å². The predicted octanol–water partition coefficient (Wildman–Crippen LogP) is 1.75. The summed E-state index contributed by atoms with van der Waals surface area (Å²) in [5.41, 5.74) is 5.05. The van der Waals surface area contributed by atoms with Crippen LogP contribution in [0.5, 0.6) is 0 Å². The number of nitrogens with two attached hydrogens (primary N) is 1. The molecular formula is C14H29N3O4. The van der Waals surface area contributed by atoms with E-state index in [-0.39, 0.29) is 12.6 Å². The Balaban J connectivity index is 3.89. The molecule has 0 radical (unpaired) electrons. The smallest absolute Gasteiger partial charge is 0.407 e. The van der Waals surface area contributed by atoms with Gasteiger partial charge in [0.05, 0.1) is 6.61 Å². The number of ether oxygens (including phenoxy) is 2. The second-order valence-corrected chi connectivity index (χ2v) is 5.78. The molecule has 2 amide bonds. The van der Waals surface area contributed by atoms with Crippen molar-refractivity contribution >= 4 is 12.2 Å². The molecule has 0 fully saturated rings. The Morgan fingerprint density at radius 2 is 1.90 bits per heavy atom. The van der Waals surface area contributed by atoms with Crippen LogP contribution in [0.1, 0.15) is 47.0 Å². The van der Waals surface area contributed by atoms with Crippen LogP contribution < -0.4 is 16.4 Å². The fourth-order valence-electron chi connectivity index (χ4n) is 1.43. The number of carbonyl (C=O) groups excluding carboxylic acids is 2. The first kappa shape index (κ1) is 19.5. The van der Waals surface area contributed by atoms with Gasteiger partial charge in [0.25, 0.3) is 0 Å². The van der Waals surface area contributed by atoms with E-state index in [0.29, 0.717) is 19.6 Å². The number of nitrogens with one attached hydrogen (secondary N) is 2. The minimum Gasteiger partial charge on any atom is -0.450 e. The van der Waals surface area contributed by atoms with E-state index < -0.39 is 17.8 Å². The minimum absolute atomic E-state index is 0.242. The van der Waals surface area contributed by atoms with Crippen molar-refractivity contribution in [1.29, 1.82) is 0 Å². The maximum absolute atomic E-state index is 11.5. The molecule has 7 nitrogen and oxygen atoms in total. The number of hydrogen-bond acceptors (Lipinski definition) is 5. The lowest BCUT2D eigenvalue weighted by Crippen LogP contribution is -2.43. The second kappa shape index (κ2) is 10.3. The molecule has 0 aliphatic carbocycles. The summed E-state index contributed by atoms with van der Waals surface area (Å²) < 4.78 is 10.1. The number of rotatable bonds is 8. The van der Waals surface area contributed by atoms with Gasteiger partial charge in [-0.1, -0.05) is 13.3 Å². The zero-order valence-electron chi connectivity index (χ0n) is 13.5. The van der Waals surface area contributed by atoms with E-state index in [2.05, 4.69) is 10.6 Å². The van der Waals surface area contributed by atoms with Crippen LogP contribution in [0.2, 0.25) is 0 Å². The molecule has 7 heteroatoms. The van der Waals surface area contributed by atoms with Crippen LogP contribution in [0.15, 0.2) is 0 Å². The predicted molar refractivity (Wildman–Crippen MR) is 81.1 cm³/mol. The lowest BCUT2D eigenvalue weighted by atomic mass is 10.2. The maximum atomic E-state index is 11.5. The molecule has 0 heterocycles. The molecule has 0 saturated carbocycles. The van der Waals surface area contributed by atoms with Crippen molar-refractivity contribution in [3.63, 3.8) is 0 Å². The SMILES string of the molecule is CCCCOC(=O)N[C@H](CN)CCNC(=O)OC(C)(C)C. The van der Waals surface area contributed by atoms with E-state index in [4.69, 9.17) is 15.2 Å². The average molecular weight is 303 g/mol. The fourth-order valence-corrected chi connectivity index (χ4v) is 1.43. The van der Waals surface area contributed by atoms with Gasteiger partial charge in [-0.05, 0) is 33.6 Å². The minimum atomic E-state index is -0.529. The first-order valence-corrected chi connectivity index (χ1v) is 7.38. The average Bonchev–Trinajstić information content (AvgIpc) is 2.35. The molecular weight excluding hydrogens is 274 g/mol. The molecule has 0 aromatic carbocycles. The number of amides is 2. The van der Waals surface area contributed by atoms with Crippen molar-refractivity contribution in [2.75, 3.05) is 19.7 Å². The van der Waals surface area contributed by atoms with Crippen LogP contribution in [0.3, 0.4) is 0 Å². The Morgan fingerprint density at radius 1 is 1.24 bits per heavy atom. The molecule has 21 heavy (non-hydrogen) atoms. The first-order chi connectivity index (χ1) is 9.78. The molecule has 0 saturated heterocycles. The molecule has 124 valence electrons. The van der Waals surface area contributed by atoms with Gasteiger partial charge in [-0.2, -0.15) is 0 Å². The Kier molecular flexibility index (Phi) is 9.53. The molecule has 0 unspecified atom stereocenters. The Bertz CT molecular complexity index is 316. The van der Waals surface area contributed by atoms with Gasteiger partial charge >= 0.3 is 12.2 Å². The molecule has 0 aliphatic heterocycles. The highest BCUT2D eigenvalue weighted by Gasteiger charge is 2.16. The summed E-state index contributed by atoms with van der Waals surface area (Å²) in [7, 11) is 0. The number of alkyl carbamates (subject to hydrolysis) is 2. The van der Waals surface area contributed by atoms with Gasteiger partial charge in [-0.25, -0.2) is 9.59 Å². The standard InChI is InChI=1S/C14H29N3O4/c1-5-6-9-20-13(19)17-11(10-15)7-8-16-12(18)21-14(2,3)4/h11H,5-10,15H2,1-4H3,(H,16,18)(H,17,19)/t11-/m0/s1. The summed E-state index contributed by atoms with van der Waals surface area (Å²) in [5.74, 6) is 0. The van der Waals surface area contributed by atoms with Crippen molar-refractivity contribution in [2.24, 2.45) is 5.73 Å². The number of unbranched alkanes of at least 4 members (excludes halogenated alkanes) is 1. The third-order valence-electron chi connectivity index (χ3n) is 2.50. The highest BCUT2D eigenvalue weighted by atomic mass is 16.6. The fraction of sp³-hybridized carbons (Fsp3) is 0.857. The highest BCUT2D eigenvalue weighted by molar-refractivity contribution is 5.68. The van der Waals surface area contributed by atoms with Gasteiger partial charge in [0.15, 0.2) is 0 Å². The largest absolute Gasteiger partial charge is 0.450 e. The lowest BCUT2D eigenvalue weighted by molar-refractivity contribution is 0.0526. The van der Waals surface area contributed by atoms with Crippen LogP contribution >= 0.6 is 0 Å². The molecule has 0 rings (SSSR count). The van der Waals surface area contributed by atoms with Gasteiger partial charge in [0.2, 0.25) is 0 Å².